The zero-order chi connectivity index (χ0) is 16.6. The van der Waals surface area contributed by atoms with Crippen molar-refractivity contribution in [3.8, 4) is 0 Å². The van der Waals surface area contributed by atoms with E-state index in [-0.39, 0.29) is 17.3 Å². The van der Waals surface area contributed by atoms with Crippen LogP contribution in [0.15, 0.2) is 24.3 Å². The third kappa shape index (κ3) is 2.56. The number of carbonyl (C=O) groups is 3. The minimum atomic E-state index is -0.746. The quantitative estimate of drug-likeness (QED) is 0.619. The molecule has 23 heavy (non-hydrogen) atoms. The summed E-state index contributed by atoms with van der Waals surface area (Å²) >= 11 is 0. The van der Waals surface area contributed by atoms with Crippen molar-refractivity contribution in [1.82, 2.24) is 0 Å². The molecule has 0 amide bonds. The van der Waals surface area contributed by atoms with E-state index in [1.54, 1.807) is 24.3 Å². The molecule has 1 unspecified atom stereocenters. The van der Waals surface area contributed by atoms with Crippen LogP contribution in [0.25, 0.3) is 0 Å². The van der Waals surface area contributed by atoms with Gasteiger partial charge in [-0.15, -0.1) is 0 Å². The number of benzene rings is 1. The van der Waals surface area contributed by atoms with Gasteiger partial charge in [0, 0.05) is 11.1 Å². The molecule has 1 aromatic carbocycles. The number of fused-ring (bicyclic) bond motifs is 1. The predicted molar refractivity (Wildman–Crippen MR) is 88.6 cm³/mol. The van der Waals surface area contributed by atoms with Gasteiger partial charge in [-0.3, -0.25) is 14.4 Å². The topological polar surface area (TPSA) is 51.2 Å². The first-order valence-corrected chi connectivity index (χ1v) is 8.75. The highest BCUT2D eigenvalue weighted by Crippen LogP contribution is 2.47. The lowest BCUT2D eigenvalue weighted by Crippen LogP contribution is -2.43. The molecular weight excluding hydrogens is 288 g/mol. The lowest BCUT2D eigenvalue weighted by atomic mass is 9.62. The van der Waals surface area contributed by atoms with Gasteiger partial charge >= 0.3 is 0 Å². The molecule has 0 spiro atoms. The molecule has 122 valence electrons. The lowest BCUT2D eigenvalue weighted by Gasteiger charge is -2.41. The van der Waals surface area contributed by atoms with Gasteiger partial charge in [-0.2, -0.15) is 0 Å². The SMILES string of the molecule is CCC1(CC)CCC(C2C(=O)C(=O)c3ccccc3C2=O)CC1. The number of carbonyl (C=O) groups excluding carboxylic acids is 3. The second-order valence-corrected chi connectivity index (χ2v) is 7.13. The highest BCUT2D eigenvalue weighted by atomic mass is 16.2. The van der Waals surface area contributed by atoms with Gasteiger partial charge in [-0.05, 0) is 37.0 Å². The zero-order valence-electron chi connectivity index (χ0n) is 13.9. The minimum Gasteiger partial charge on any atom is -0.293 e. The largest absolute Gasteiger partial charge is 0.293 e. The van der Waals surface area contributed by atoms with E-state index < -0.39 is 17.5 Å². The van der Waals surface area contributed by atoms with E-state index in [2.05, 4.69) is 13.8 Å². The molecule has 3 nitrogen and oxygen atoms in total. The van der Waals surface area contributed by atoms with Crippen LogP contribution in [-0.4, -0.2) is 17.3 Å². The fourth-order valence-electron chi connectivity index (χ4n) is 4.43. The fourth-order valence-corrected chi connectivity index (χ4v) is 4.43. The van der Waals surface area contributed by atoms with Gasteiger partial charge in [0.15, 0.2) is 5.78 Å². The molecule has 0 radical (unpaired) electrons. The van der Waals surface area contributed by atoms with Gasteiger partial charge < -0.3 is 0 Å². The van der Waals surface area contributed by atoms with Gasteiger partial charge in [-0.25, -0.2) is 0 Å². The molecule has 0 aliphatic heterocycles. The van der Waals surface area contributed by atoms with Crippen LogP contribution in [0.2, 0.25) is 0 Å². The Balaban J connectivity index is 1.86. The van der Waals surface area contributed by atoms with Gasteiger partial charge in [0.1, 0.15) is 0 Å². The Kier molecular flexibility index (Phi) is 4.22. The zero-order valence-corrected chi connectivity index (χ0v) is 13.9. The molecule has 1 aromatic rings. The Labute approximate surface area is 137 Å². The summed E-state index contributed by atoms with van der Waals surface area (Å²) in [4.78, 5) is 37.7. The Hall–Kier alpha value is -1.77. The maximum atomic E-state index is 12.8. The van der Waals surface area contributed by atoms with Gasteiger partial charge in [-0.1, -0.05) is 51.0 Å². The average molecular weight is 312 g/mol. The van der Waals surface area contributed by atoms with Crippen LogP contribution in [-0.2, 0) is 4.79 Å². The first-order chi connectivity index (χ1) is 11.0. The summed E-state index contributed by atoms with van der Waals surface area (Å²) in [6.07, 6.45) is 6.14. The van der Waals surface area contributed by atoms with Crippen LogP contribution in [0.4, 0.5) is 0 Å². The molecule has 2 aliphatic carbocycles. The van der Waals surface area contributed by atoms with Gasteiger partial charge in [0.25, 0.3) is 0 Å². The van der Waals surface area contributed by atoms with Crippen LogP contribution in [0.1, 0.15) is 73.1 Å². The summed E-state index contributed by atoms with van der Waals surface area (Å²) in [7, 11) is 0. The van der Waals surface area contributed by atoms with Crippen molar-refractivity contribution in [3.05, 3.63) is 35.4 Å². The van der Waals surface area contributed by atoms with Crippen molar-refractivity contribution < 1.29 is 14.4 Å². The molecule has 0 N–H and O–H groups in total. The van der Waals surface area contributed by atoms with Crippen molar-refractivity contribution in [2.45, 2.75) is 52.4 Å². The molecule has 3 heteroatoms. The van der Waals surface area contributed by atoms with Crippen molar-refractivity contribution in [2.24, 2.45) is 17.3 Å². The minimum absolute atomic E-state index is 0.0264. The molecule has 3 rings (SSSR count). The second-order valence-electron chi connectivity index (χ2n) is 7.13. The van der Waals surface area contributed by atoms with E-state index in [4.69, 9.17) is 0 Å². The smallest absolute Gasteiger partial charge is 0.230 e. The van der Waals surface area contributed by atoms with Crippen molar-refractivity contribution in [1.29, 1.82) is 0 Å². The number of hydrogen-bond donors (Lipinski definition) is 0. The first-order valence-electron chi connectivity index (χ1n) is 8.75. The Morgan fingerprint density at radius 2 is 1.48 bits per heavy atom. The fraction of sp³-hybridized carbons (Fsp3) is 0.550. The van der Waals surface area contributed by atoms with E-state index in [1.807, 2.05) is 0 Å². The summed E-state index contributed by atoms with van der Waals surface area (Å²) in [5.74, 6) is -1.83. The standard InChI is InChI=1S/C20H24O3/c1-3-20(4-2)11-9-13(10-12-20)16-17(21)14-7-5-6-8-15(14)18(22)19(16)23/h5-8,13,16H,3-4,9-12H2,1-2H3. The highest BCUT2D eigenvalue weighted by molar-refractivity contribution is 6.51. The molecule has 0 heterocycles. The normalized spacial score (nSPS) is 24.6. The first kappa shape index (κ1) is 16.1. The van der Waals surface area contributed by atoms with E-state index in [9.17, 15) is 14.4 Å². The number of Topliss-reactive ketones (excluding diaryl/α,β-unsaturated/α-hetero) is 3. The van der Waals surface area contributed by atoms with Gasteiger partial charge in [0.2, 0.25) is 11.6 Å². The van der Waals surface area contributed by atoms with Crippen molar-refractivity contribution >= 4 is 17.3 Å². The highest BCUT2D eigenvalue weighted by Gasteiger charge is 2.46. The summed E-state index contributed by atoms with van der Waals surface area (Å²) < 4.78 is 0. The second kappa shape index (κ2) is 6.03. The van der Waals surface area contributed by atoms with Crippen LogP contribution >= 0.6 is 0 Å². The molecule has 0 aromatic heterocycles. The lowest BCUT2D eigenvalue weighted by molar-refractivity contribution is -0.119. The molecule has 1 atom stereocenters. The van der Waals surface area contributed by atoms with Crippen LogP contribution < -0.4 is 0 Å². The summed E-state index contributed by atoms with van der Waals surface area (Å²) in [6.45, 7) is 4.45. The van der Waals surface area contributed by atoms with Crippen LogP contribution in [0.3, 0.4) is 0 Å². The number of rotatable bonds is 3. The maximum Gasteiger partial charge on any atom is 0.230 e. The Morgan fingerprint density at radius 1 is 0.913 bits per heavy atom. The third-order valence-electron chi connectivity index (χ3n) is 6.29. The van der Waals surface area contributed by atoms with E-state index in [0.717, 1.165) is 38.5 Å². The molecule has 0 saturated heterocycles. The Morgan fingerprint density at radius 3 is 2.04 bits per heavy atom. The van der Waals surface area contributed by atoms with E-state index in [0.29, 0.717) is 11.0 Å². The molecule has 0 bridgehead atoms. The molecule has 1 fully saturated rings. The number of hydrogen-bond acceptors (Lipinski definition) is 3. The summed E-state index contributed by atoms with van der Waals surface area (Å²) in [6, 6.07) is 6.73. The predicted octanol–water partition coefficient (Wildman–Crippen LogP) is 4.25. The summed E-state index contributed by atoms with van der Waals surface area (Å²) in [5, 5.41) is 0. The van der Waals surface area contributed by atoms with Crippen molar-refractivity contribution in [2.75, 3.05) is 0 Å². The molecule has 1 saturated carbocycles. The third-order valence-corrected chi connectivity index (χ3v) is 6.29. The number of ketones is 3. The molecule has 2 aliphatic rings. The molecular formula is C20H24O3. The van der Waals surface area contributed by atoms with E-state index >= 15 is 0 Å². The van der Waals surface area contributed by atoms with E-state index in [1.165, 1.54) is 0 Å². The average Bonchev–Trinajstić information content (AvgIpc) is 2.61. The van der Waals surface area contributed by atoms with Gasteiger partial charge in [0.05, 0.1) is 5.92 Å². The maximum absolute atomic E-state index is 12.8. The summed E-state index contributed by atoms with van der Waals surface area (Å²) in [5.41, 5.74) is 1.08. The van der Waals surface area contributed by atoms with Crippen LogP contribution in [0.5, 0.6) is 0 Å². The van der Waals surface area contributed by atoms with Crippen LogP contribution in [0, 0.1) is 17.3 Å². The monoisotopic (exact) mass is 312 g/mol. The Bertz CT molecular complexity index is 645. The van der Waals surface area contributed by atoms with Crippen molar-refractivity contribution in [3.63, 3.8) is 0 Å².